The summed E-state index contributed by atoms with van der Waals surface area (Å²) in [6.07, 6.45) is -2.99. The molecule has 2 aliphatic rings. The van der Waals surface area contributed by atoms with Gasteiger partial charge in [-0.3, -0.25) is 14.6 Å². The standard InChI is InChI=1S/C24H19Cl2F3N2O2/c1-12-20(23(33)31-18-11-13(24(27,28)29)9-10-16(18)26)21(14-5-2-3-6-15(14)25)22-17(30-12)7-4-8-19(22)32/h2-3,5-6,9-11,20-21H,4,7-8H2,1H3,(H,31,33)/t20?,21-/m0/s1. The molecule has 0 fully saturated rings. The number of carbonyl (C=O) groups is 2. The van der Waals surface area contributed by atoms with Crippen LogP contribution in [0.3, 0.4) is 0 Å². The Hall–Kier alpha value is -2.64. The zero-order valence-electron chi connectivity index (χ0n) is 17.5. The predicted molar refractivity (Wildman–Crippen MR) is 122 cm³/mol. The quantitative estimate of drug-likeness (QED) is 0.508. The van der Waals surface area contributed by atoms with Crippen molar-refractivity contribution < 1.29 is 22.8 Å². The molecule has 2 aromatic carbocycles. The lowest BCUT2D eigenvalue weighted by molar-refractivity contribution is -0.137. The molecular weight excluding hydrogens is 476 g/mol. The fraction of sp³-hybridized carbons (Fsp3) is 0.292. The first-order valence-electron chi connectivity index (χ1n) is 10.3. The van der Waals surface area contributed by atoms with Gasteiger partial charge in [0.25, 0.3) is 0 Å². The molecule has 0 spiro atoms. The lowest BCUT2D eigenvalue weighted by Gasteiger charge is -2.35. The molecule has 9 heteroatoms. The number of nitrogens with one attached hydrogen (secondary N) is 1. The Morgan fingerprint density at radius 2 is 1.82 bits per heavy atom. The van der Waals surface area contributed by atoms with E-state index in [-0.39, 0.29) is 16.5 Å². The Morgan fingerprint density at radius 1 is 1.09 bits per heavy atom. The molecule has 1 heterocycles. The predicted octanol–water partition coefficient (Wildman–Crippen LogP) is 6.83. The number of benzene rings is 2. The number of anilines is 1. The molecule has 4 nitrogen and oxygen atoms in total. The summed E-state index contributed by atoms with van der Waals surface area (Å²) in [6.45, 7) is 1.67. The van der Waals surface area contributed by atoms with Gasteiger partial charge in [-0.25, -0.2) is 0 Å². The number of aliphatic imine (C=N–C) groups is 1. The minimum absolute atomic E-state index is 0.0373. The average Bonchev–Trinajstić information content (AvgIpc) is 2.74. The van der Waals surface area contributed by atoms with Gasteiger partial charge in [-0.15, -0.1) is 0 Å². The van der Waals surface area contributed by atoms with Gasteiger partial charge in [0.2, 0.25) is 5.91 Å². The highest BCUT2D eigenvalue weighted by molar-refractivity contribution is 6.34. The van der Waals surface area contributed by atoms with Gasteiger partial charge in [-0.2, -0.15) is 13.2 Å². The van der Waals surface area contributed by atoms with Crippen LogP contribution in [0.15, 0.2) is 58.7 Å². The number of halogens is 5. The fourth-order valence-corrected chi connectivity index (χ4v) is 4.84. The molecule has 1 unspecified atom stereocenters. The molecule has 0 radical (unpaired) electrons. The third kappa shape index (κ3) is 4.57. The van der Waals surface area contributed by atoms with Crippen LogP contribution in [0.5, 0.6) is 0 Å². The van der Waals surface area contributed by atoms with Crippen molar-refractivity contribution in [1.82, 2.24) is 0 Å². The number of allylic oxidation sites excluding steroid dienone is 2. The lowest BCUT2D eigenvalue weighted by atomic mass is 9.71. The van der Waals surface area contributed by atoms with Crippen molar-refractivity contribution >= 4 is 46.3 Å². The zero-order chi connectivity index (χ0) is 23.9. The van der Waals surface area contributed by atoms with Crippen molar-refractivity contribution in [2.75, 3.05) is 5.32 Å². The van der Waals surface area contributed by atoms with Crippen LogP contribution in [0.25, 0.3) is 0 Å². The highest BCUT2D eigenvalue weighted by atomic mass is 35.5. The zero-order valence-corrected chi connectivity index (χ0v) is 19.0. The van der Waals surface area contributed by atoms with Gasteiger partial charge in [0.15, 0.2) is 5.78 Å². The second-order valence-corrected chi connectivity index (χ2v) is 8.86. The summed E-state index contributed by atoms with van der Waals surface area (Å²) in [4.78, 5) is 30.9. The number of nitrogens with zero attached hydrogens (tertiary/aromatic N) is 1. The first-order valence-corrected chi connectivity index (χ1v) is 11.1. The summed E-state index contributed by atoms with van der Waals surface area (Å²) in [5.41, 5.74) is 1.01. The summed E-state index contributed by atoms with van der Waals surface area (Å²) in [5.74, 6) is -2.38. The van der Waals surface area contributed by atoms with E-state index >= 15 is 0 Å². The third-order valence-corrected chi connectivity index (χ3v) is 6.58. The maximum absolute atomic E-state index is 13.5. The van der Waals surface area contributed by atoms with Gasteiger partial charge in [0.1, 0.15) is 0 Å². The SMILES string of the molecule is CC1=NC2=C(C(=O)CCC2)[C@@H](c2ccccc2Cl)C1C(=O)Nc1cc(C(F)(F)F)ccc1Cl. The molecule has 2 atom stereocenters. The van der Waals surface area contributed by atoms with Crippen LogP contribution < -0.4 is 5.32 Å². The number of hydrogen-bond donors (Lipinski definition) is 1. The van der Waals surface area contributed by atoms with Crippen molar-refractivity contribution in [2.24, 2.45) is 10.9 Å². The molecule has 0 aromatic heterocycles. The first-order chi connectivity index (χ1) is 15.6. The molecule has 1 aliphatic carbocycles. The summed E-state index contributed by atoms with van der Waals surface area (Å²) in [5, 5.41) is 2.87. The van der Waals surface area contributed by atoms with E-state index in [1.54, 1.807) is 31.2 Å². The van der Waals surface area contributed by atoms with Gasteiger partial charge in [-0.1, -0.05) is 41.4 Å². The minimum atomic E-state index is -4.60. The van der Waals surface area contributed by atoms with Gasteiger partial charge in [-0.05, 0) is 49.6 Å². The molecule has 2 aromatic rings. The molecule has 172 valence electrons. The van der Waals surface area contributed by atoms with Gasteiger partial charge in [0, 0.05) is 34.3 Å². The smallest absolute Gasteiger partial charge is 0.324 e. The fourth-order valence-electron chi connectivity index (χ4n) is 4.42. The number of alkyl halides is 3. The number of ketones is 1. The highest BCUT2D eigenvalue weighted by Gasteiger charge is 2.43. The van der Waals surface area contributed by atoms with E-state index in [9.17, 15) is 22.8 Å². The number of carbonyl (C=O) groups excluding carboxylic acids is 2. The van der Waals surface area contributed by atoms with E-state index < -0.39 is 29.5 Å². The van der Waals surface area contributed by atoms with E-state index in [1.165, 1.54) is 0 Å². The Labute approximate surface area is 198 Å². The Balaban J connectivity index is 1.78. The summed E-state index contributed by atoms with van der Waals surface area (Å²) in [6, 6.07) is 9.63. The van der Waals surface area contributed by atoms with E-state index in [2.05, 4.69) is 10.3 Å². The summed E-state index contributed by atoms with van der Waals surface area (Å²) >= 11 is 12.5. The van der Waals surface area contributed by atoms with Crippen LogP contribution in [-0.4, -0.2) is 17.4 Å². The van der Waals surface area contributed by atoms with Crippen molar-refractivity contribution in [3.05, 3.63) is 74.9 Å². The summed E-state index contributed by atoms with van der Waals surface area (Å²) in [7, 11) is 0. The van der Waals surface area contributed by atoms with E-state index in [0.29, 0.717) is 46.8 Å². The monoisotopic (exact) mass is 494 g/mol. The normalized spacial score (nSPS) is 20.9. The largest absolute Gasteiger partial charge is 0.416 e. The Bertz CT molecular complexity index is 1200. The van der Waals surface area contributed by atoms with Crippen LogP contribution in [0.1, 0.15) is 43.2 Å². The molecule has 1 amide bonds. The topological polar surface area (TPSA) is 58.5 Å². The van der Waals surface area contributed by atoms with Crippen LogP contribution in [0, 0.1) is 5.92 Å². The van der Waals surface area contributed by atoms with Crippen LogP contribution in [-0.2, 0) is 15.8 Å². The van der Waals surface area contributed by atoms with Crippen LogP contribution >= 0.6 is 23.2 Å². The maximum atomic E-state index is 13.5. The van der Waals surface area contributed by atoms with Gasteiger partial charge in [0.05, 0.1) is 22.2 Å². The van der Waals surface area contributed by atoms with Crippen molar-refractivity contribution in [3.8, 4) is 0 Å². The second-order valence-electron chi connectivity index (χ2n) is 8.05. The van der Waals surface area contributed by atoms with E-state index in [0.717, 1.165) is 18.2 Å². The second kappa shape index (κ2) is 8.95. The number of amides is 1. The van der Waals surface area contributed by atoms with Crippen molar-refractivity contribution in [1.29, 1.82) is 0 Å². The molecule has 1 N–H and O–H groups in total. The molecule has 4 rings (SSSR count). The number of hydrogen-bond acceptors (Lipinski definition) is 3. The number of rotatable bonds is 3. The molecule has 0 saturated carbocycles. The van der Waals surface area contributed by atoms with E-state index in [1.807, 2.05) is 0 Å². The van der Waals surface area contributed by atoms with Gasteiger partial charge < -0.3 is 5.32 Å². The molecular formula is C24H19Cl2F3N2O2. The third-order valence-electron chi connectivity index (χ3n) is 5.91. The van der Waals surface area contributed by atoms with E-state index in [4.69, 9.17) is 23.2 Å². The molecule has 0 bridgehead atoms. The Kier molecular flexibility index (Phi) is 6.38. The van der Waals surface area contributed by atoms with Gasteiger partial charge >= 0.3 is 6.18 Å². The molecule has 33 heavy (non-hydrogen) atoms. The molecule has 1 aliphatic heterocycles. The number of Topliss-reactive ketones (excluding diaryl/α,β-unsaturated/α-hetero) is 1. The maximum Gasteiger partial charge on any atom is 0.416 e. The Morgan fingerprint density at radius 3 is 2.52 bits per heavy atom. The molecule has 0 saturated heterocycles. The van der Waals surface area contributed by atoms with Crippen molar-refractivity contribution in [2.45, 2.75) is 38.3 Å². The highest BCUT2D eigenvalue weighted by Crippen LogP contribution is 2.45. The lowest BCUT2D eigenvalue weighted by Crippen LogP contribution is -2.39. The summed E-state index contributed by atoms with van der Waals surface area (Å²) < 4.78 is 39.5. The minimum Gasteiger partial charge on any atom is -0.324 e. The average molecular weight is 495 g/mol. The van der Waals surface area contributed by atoms with Crippen molar-refractivity contribution in [3.63, 3.8) is 0 Å². The van der Waals surface area contributed by atoms with Crippen LogP contribution in [0.2, 0.25) is 10.0 Å². The van der Waals surface area contributed by atoms with Crippen LogP contribution in [0.4, 0.5) is 18.9 Å². The first kappa shape index (κ1) is 23.5.